The number of aromatic hydroxyl groups is 1. The molecule has 3 N–H and O–H groups in total. The lowest BCUT2D eigenvalue weighted by Crippen LogP contribution is -2.56. The molecule has 3 saturated carbocycles. The number of benzene rings is 2. The molecule has 0 saturated heterocycles. The number of aliphatic hydroxyl groups is 1. The maximum Gasteiger partial charge on any atom is 0.339 e. The fourth-order valence-electron chi connectivity index (χ4n) is 9.10. The van der Waals surface area contributed by atoms with Gasteiger partial charge in [-0.2, -0.15) is 10.2 Å². The Kier molecular flexibility index (Phi) is 8.74. The van der Waals surface area contributed by atoms with Gasteiger partial charge in [0.1, 0.15) is 17.9 Å². The number of fused-ring (bicyclic) bond motifs is 5. The van der Waals surface area contributed by atoms with Crippen LogP contribution >= 0.6 is 0 Å². The highest BCUT2D eigenvalue weighted by Gasteiger charge is 2.62. The van der Waals surface area contributed by atoms with Gasteiger partial charge in [0, 0.05) is 23.7 Å². The molecule has 10 nitrogen and oxygen atoms in total. The van der Waals surface area contributed by atoms with Crippen LogP contribution in [-0.2, 0) is 25.5 Å². The molecule has 6 rings (SSSR count). The molecule has 0 amide bonds. The van der Waals surface area contributed by atoms with Crippen LogP contribution in [0.4, 0.5) is 11.4 Å². The minimum atomic E-state index is -1.28. The standard InChI is InChI=1S/C37H40N2O8/c1-36-16-15-24(40)17-22(36)8-10-25-27-11-12-28(37(27,2)19-31(42)34(25)36)32(43)20-47-33(44)14-7-21-5-3-4-6-29(21)39-38-23-9-13-30(41)26(18-23)35(45)46/h3-6,9,13,15-18,25,27-28,31,34,41-42H,7-8,10-12,14,19-20H2,1-2H3,(H,45,46). The van der Waals surface area contributed by atoms with E-state index in [1.807, 2.05) is 6.08 Å². The molecule has 7 atom stereocenters. The summed E-state index contributed by atoms with van der Waals surface area (Å²) < 4.78 is 5.48. The minimum Gasteiger partial charge on any atom is -0.507 e. The quantitative estimate of drug-likeness (QED) is 0.208. The van der Waals surface area contributed by atoms with Gasteiger partial charge in [-0.3, -0.25) is 14.4 Å². The smallest absolute Gasteiger partial charge is 0.339 e. The molecule has 10 heteroatoms. The zero-order valence-corrected chi connectivity index (χ0v) is 26.6. The monoisotopic (exact) mass is 640 g/mol. The van der Waals surface area contributed by atoms with E-state index in [1.165, 1.54) is 18.2 Å². The first kappa shape index (κ1) is 32.5. The summed E-state index contributed by atoms with van der Waals surface area (Å²) >= 11 is 0. The second kappa shape index (κ2) is 12.6. The largest absolute Gasteiger partial charge is 0.507 e. The third kappa shape index (κ3) is 6.06. The van der Waals surface area contributed by atoms with Crippen LogP contribution in [0, 0.1) is 34.5 Å². The van der Waals surface area contributed by atoms with Crippen molar-refractivity contribution in [3.63, 3.8) is 0 Å². The maximum absolute atomic E-state index is 13.5. The first-order valence-corrected chi connectivity index (χ1v) is 16.3. The SMILES string of the molecule is CC12C=CC(=O)C=C1CCC1C2C(O)CC2(C)C(C(=O)COC(=O)CCc3ccccc3N=Nc3ccc(O)c(C(=O)O)c3)CCC12. The average molecular weight is 641 g/mol. The zero-order valence-electron chi connectivity index (χ0n) is 26.6. The molecule has 7 unspecified atom stereocenters. The van der Waals surface area contributed by atoms with E-state index in [1.54, 1.807) is 36.4 Å². The summed E-state index contributed by atoms with van der Waals surface area (Å²) in [5.74, 6) is -2.04. The van der Waals surface area contributed by atoms with Gasteiger partial charge in [-0.1, -0.05) is 43.7 Å². The van der Waals surface area contributed by atoms with Crippen LogP contribution in [0.25, 0.3) is 0 Å². The van der Waals surface area contributed by atoms with Crippen molar-refractivity contribution in [3.05, 3.63) is 77.4 Å². The van der Waals surface area contributed by atoms with Gasteiger partial charge >= 0.3 is 11.9 Å². The highest BCUT2D eigenvalue weighted by molar-refractivity contribution is 6.01. The van der Waals surface area contributed by atoms with Gasteiger partial charge in [-0.15, -0.1) is 0 Å². The van der Waals surface area contributed by atoms with Crippen LogP contribution in [0.15, 0.2) is 76.5 Å². The van der Waals surface area contributed by atoms with Crippen molar-refractivity contribution in [3.8, 4) is 5.75 Å². The van der Waals surface area contributed by atoms with Crippen molar-refractivity contribution in [2.24, 2.45) is 44.7 Å². The Balaban J connectivity index is 1.06. The number of aliphatic hydroxyl groups excluding tert-OH is 1. The molecular formula is C37H40N2O8. The number of ketones is 2. The molecule has 2 aromatic carbocycles. The highest BCUT2D eigenvalue weighted by atomic mass is 16.5. The van der Waals surface area contributed by atoms with Gasteiger partial charge in [0.2, 0.25) is 0 Å². The number of esters is 1. The number of hydrogen-bond acceptors (Lipinski definition) is 9. The summed E-state index contributed by atoms with van der Waals surface area (Å²) in [5.41, 5.74) is 1.54. The van der Waals surface area contributed by atoms with Crippen LogP contribution in [0.3, 0.4) is 0 Å². The van der Waals surface area contributed by atoms with E-state index in [2.05, 4.69) is 24.1 Å². The third-order valence-electron chi connectivity index (χ3n) is 11.3. The number of carbonyl (C=O) groups is 4. The number of aryl methyl sites for hydroxylation is 1. The fraction of sp³-hybridized carbons (Fsp3) is 0.459. The number of allylic oxidation sites excluding steroid dienone is 4. The fourth-order valence-corrected chi connectivity index (χ4v) is 9.10. The Bertz CT molecular complexity index is 1710. The van der Waals surface area contributed by atoms with Crippen molar-refractivity contribution >= 4 is 34.9 Å². The molecule has 2 aromatic rings. The molecule has 0 aromatic heterocycles. The van der Waals surface area contributed by atoms with E-state index in [-0.39, 0.29) is 76.1 Å². The summed E-state index contributed by atoms with van der Waals surface area (Å²) in [7, 11) is 0. The van der Waals surface area contributed by atoms with Gasteiger partial charge in [-0.05, 0) is 97.8 Å². The van der Waals surface area contributed by atoms with E-state index in [9.17, 15) is 34.5 Å². The van der Waals surface area contributed by atoms with Crippen LogP contribution in [0.1, 0.15) is 68.3 Å². The number of azo groups is 1. The summed E-state index contributed by atoms with van der Waals surface area (Å²) in [4.78, 5) is 49.7. The van der Waals surface area contributed by atoms with Crippen molar-refractivity contribution < 1.29 is 39.2 Å². The Morgan fingerprint density at radius 1 is 1.04 bits per heavy atom. The van der Waals surface area contributed by atoms with Gasteiger partial charge in [0.15, 0.2) is 11.6 Å². The molecule has 0 aliphatic heterocycles. The van der Waals surface area contributed by atoms with Crippen LogP contribution in [-0.4, -0.2) is 51.5 Å². The van der Waals surface area contributed by atoms with Crippen molar-refractivity contribution in [2.45, 2.75) is 64.9 Å². The average Bonchev–Trinajstić information content (AvgIpc) is 3.39. The Hall–Kier alpha value is -4.44. The second-order valence-electron chi connectivity index (χ2n) is 13.9. The molecule has 0 spiro atoms. The highest BCUT2D eigenvalue weighted by Crippen LogP contribution is 2.66. The van der Waals surface area contributed by atoms with E-state index in [0.29, 0.717) is 24.9 Å². The topological polar surface area (TPSA) is 163 Å². The predicted octanol–water partition coefficient (Wildman–Crippen LogP) is 6.45. The number of carbonyl (C=O) groups excluding carboxylic acids is 3. The lowest BCUT2D eigenvalue weighted by Gasteiger charge is -2.58. The van der Waals surface area contributed by atoms with Gasteiger partial charge in [0.25, 0.3) is 0 Å². The summed E-state index contributed by atoms with van der Waals surface area (Å²) in [5, 5.41) is 38.8. The van der Waals surface area contributed by atoms with Crippen LogP contribution in [0.5, 0.6) is 5.75 Å². The number of carboxylic acid groups (broad SMARTS) is 1. The van der Waals surface area contributed by atoms with Crippen LogP contribution < -0.4 is 0 Å². The second-order valence-corrected chi connectivity index (χ2v) is 13.9. The normalized spacial score (nSPS) is 31.1. The third-order valence-corrected chi connectivity index (χ3v) is 11.3. The first-order valence-electron chi connectivity index (χ1n) is 16.3. The molecule has 0 bridgehead atoms. The number of Topliss-reactive ketones (excluding diaryl/α,β-unsaturated/α-hetero) is 1. The van der Waals surface area contributed by atoms with Crippen molar-refractivity contribution in [1.82, 2.24) is 0 Å². The molecular weight excluding hydrogens is 600 g/mol. The zero-order chi connectivity index (χ0) is 33.5. The van der Waals surface area contributed by atoms with Crippen LogP contribution in [0.2, 0.25) is 0 Å². The number of rotatable bonds is 9. The number of nitrogens with zero attached hydrogens (tertiary/aromatic N) is 2. The molecule has 4 aliphatic carbocycles. The molecule has 0 heterocycles. The maximum atomic E-state index is 13.5. The Labute approximate surface area is 273 Å². The number of aromatic carboxylic acids is 1. The molecule has 3 fully saturated rings. The van der Waals surface area contributed by atoms with Crippen molar-refractivity contribution in [1.29, 1.82) is 0 Å². The summed E-state index contributed by atoms with van der Waals surface area (Å²) in [6, 6.07) is 11.0. The summed E-state index contributed by atoms with van der Waals surface area (Å²) in [6.45, 7) is 3.95. The molecule has 0 radical (unpaired) electrons. The number of phenols is 1. The van der Waals surface area contributed by atoms with Crippen molar-refractivity contribution in [2.75, 3.05) is 6.61 Å². The predicted molar refractivity (Wildman–Crippen MR) is 171 cm³/mol. The van der Waals surface area contributed by atoms with Gasteiger partial charge in [-0.25, -0.2) is 4.79 Å². The van der Waals surface area contributed by atoms with E-state index < -0.39 is 18.0 Å². The first-order chi connectivity index (χ1) is 22.4. The van der Waals surface area contributed by atoms with E-state index in [0.717, 1.165) is 30.4 Å². The van der Waals surface area contributed by atoms with Gasteiger partial charge < -0.3 is 20.1 Å². The van der Waals surface area contributed by atoms with E-state index in [4.69, 9.17) is 4.74 Å². The molecule has 246 valence electrons. The lowest BCUT2D eigenvalue weighted by molar-refractivity contribution is -0.153. The van der Waals surface area contributed by atoms with E-state index >= 15 is 0 Å². The number of hydrogen-bond donors (Lipinski definition) is 3. The number of ether oxygens (including phenoxy) is 1. The minimum absolute atomic E-state index is 0.00215. The molecule has 47 heavy (non-hydrogen) atoms. The Morgan fingerprint density at radius 2 is 1.83 bits per heavy atom. The van der Waals surface area contributed by atoms with Gasteiger partial charge in [0.05, 0.1) is 17.5 Å². The lowest BCUT2D eigenvalue weighted by atomic mass is 9.46. The number of carboxylic acids is 1. The summed E-state index contributed by atoms with van der Waals surface area (Å²) in [6.07, 6.45) is 8.87. The Morgan fingerprint density at radius 3 is 2.62 bits per heavy atom. The molecule has 4 aliphatic rings.